The first-order valence-electron chi connectivity index (χ1n) is 5.71. The molecule has 0 spiro atoms. The van der Waals surface area contributed by atoms with E-state index in [2.05, 4.69) is 15.1 Å². The van der Waals surface area contributed by atoms with E-state index in [1.807, 2.05) is 0 Å². The third kappa shape index (κ3) is 2.45. The first kappa shape index (κ1) is 10.4. The van der Waals surface area contributed by atoms with Crippen LogP contribution >= 0.6 is 0 Å². The summed E-state index contributed by atoms with van der Waals surface area (Å²) in [5, 5.41) is 12.4. The molecule has 0 bridgehead atoms. The number of rotatable bonds is 3. The molecule has 0 aromatic carbocycles. The van der Waals surface area contributed by atoms with Crippen LogP contribution in [-0.2, 0) is 0 Å². The molecular formula is C10H21N3O. The van der Waals surface area contributed by atoms with E-state index in [1.165, 1.54) is 19.4 Å². The van der Waals surface area contributed by atoms with Gasteiger partial charge in [0.25, 0.3) is 0 Å². The van der Waals surface area contributed by atoms with E-state index >= 15 is 0 Å². The van der Waals surface area contributed by atoms with Gasteiger partial charge in [0, 0.05) is 32.7 Å². The Kier molecular flexibility index (Phi) is 3.75. The minimum Gasteiger partial charge on any atom is -0.395 e. The number of nitrogens with one attached hydrogen (secondary N) is 1. The molecule has 82 valence electrons. The number of nitrogens with zero attached hydrogens (tertiary/aromatic N) is 2. The second kappa shape index (κ2) is 5.07. The molecule has 0 radical (unpaired) electrons. The Balaban J connectivity index is 1.72. The van der Waals surface area contributed by atoms with Gasteiger partial charge < -0.3 is 10.4 Å². The van der Waals surface area contributed by atoms with Crippen LogP contribution in [0, 0.1) is 0 Å². The lowest BCUT2D eigenvalue weighted by molar-refractivity contribution is 0.0785. The summed E-state index contributed by atoms with van der Waals surface area (Å²) in [5.41, 5.74) is 0. The van der Waals surface area contributed by atoms with E-state index in [1.54, 1.807) is 0 Å². The maximum absolute atomic E-state index is 8.83. The minimum atomic E-state index is 0.293. The van der Waals surface area contributed by atoms with Crippen LogP contribution in [0.3, 0.4) is 0 Å². The van der Waals surface area contributed by atoms with Gasteiger partial charge in [0.2, 0.25) is 0 Å². The summed E-state index contributed by atoms with van der Waals surface area (Å²) in [6, 6.07) is 0. The van der Waals surface area contributed by atoms with E-state index in [9.17, 15) is 0 Å². The highest BCUT2D eigenvalue weighted by molar-refractivity contribution is 4.80. The SMILES string of the molecule is OCCN1CCN(C2CCCN2)CC1. The predicted octanol–water partition coefficient (Wildman–Crippen LogP) is -0.694. The number of hydrogen-bond donors (Lipinski definition) is 2. The molecule has 1 atom stereocenters. The molecule has 0 amide bonds. The number of aliphatic hydroxyl groups excluding tert-OH is 1. The van der Waals surface area contributed by atoms with Crippen LogP contribution < -0.4 is 5.32 Å². The molecule has 0 saturated carbocycles. The number of piperazine rings is 1. The van der Waals surface area contributed by atoms with Crippen LogP contribution in [0.5, 0.6) is 0 Å². The Morgan fingerprint density at radius 3 is 2.57 bits per heavy atom. The molecule has 2 N–H and O–H groups in total. The molecule has 0 aliphatic carbocycles. The zero-order chi connectivity index (χ0) is 9.80. The second-order valence-corrected chi connectivity index (χ2v) is 4.21. The maximum atomic E-state index is 8.83. The summed E-state index contributed by atoms with van der Waals surface area (Å²) >= 11 is 0. The smallest absolute Gasteiger partial charge is 0.0598 e. The van der Waals surface area contributed by atoms with Gasteiger partial charge in [-0.3, -0.25) is 9.80 Å². The van der Waals surface area contributed by atoms with Gasteiger partial charge in [-0.1, -0.05) is 0 Å². The Morgan fingerprint density at radius 1 is 1.21 bits per heavy atom. The monoisotopic (exact) mass is 199 g/mol. The number of aliphatic hydroxyl groups is 1. The first-order chi connectivity index (χ1) is 6.90. The van der Waals surface area contributed by atoms with Gasteiger partial charge >= 0.3 is 0 Å². The largest absolute Gasteiger partial charge is 0.395 e. The standard InChI is InChI=1S/C10H21N3O/c14-9-8-12-4-6-13(7-5-12)10-2-1-3-11-10/h10-11,14H,1-9H2. The van der Waals surface area contributed by atoms with E-state index in [4.69, 9.17) is 5.11 Å². The molecule has 2 rings (SSSR count). The zero-order valence-corrected chi connectivity index (χ0v) is 8.78. The highest BCUT2D eigenvalue weighted by Crippen LogP contribution is 2.12. The molecule has 4 heteroatoms. The minimum absolute atomic E-state index is 0.293. The fourth-order valence-corrected chi connectivity index (χ4v) is 2.42. The third-order valence-electron chi connectivity index (χ3n) is 3.30. The van der Waals surface area contributed by atoms with Crippen LogP contribution in [0.15, 0.2) is 0 Å². The van der Waals surface area contributed by atoms with Crippen LogP contribution in [-0.4, -0.2) is 66.9 Å². The Labute approximate surface area is 85.9 Å². The lowest BCUT2D eigenvalue weighted by Crippen LogP contribution is -2.53. The fourth-order valence-electron chi connectivity index (χ4n) is 2.42. The van der Waals surface area contributed by atoms with E-state index in [0.717, 1.165) is 32.7 Å². The van der Waals surface area contributed by atoms with Crippen molar-refractivity contribution in [3.8, 4) is 0 Å². The molecule has 2 heterocycles. The van der Waals surface area contributed by atoms with Crippen LogP contribution in [0.25, 0.3) is 0 Å². The molecule has 1 unspecified atom stereocenters. The molecule has 4 nitrogen and oxygen atoms in total. The van der Waals surface area contributed by atoms with Crippen molar-refractivity contribution in [3.63, 3.8) is 0 Å². The van der Waals surface area contributed by atoms with E-state index < -0.39 is 0 Å². The lowest BCUT2D eigenvalue weighted by Gasteiger charge is -2.37. The second-order valence-electron chi connectivity index (χ2n) is 4.21. The Morgan fingerprint density at radius 2 is 2.00 bits per heavy atom. The highest BCUT2D eigenvalue weighted by atomic mass is 16.3. The van der Waals surface area contributed by atoms with Crippen LogP contribution in [0.4, 0.5) is 0 Å². The van der Waals surface area contributed by atoms with Crippen LogP contribution in [0.1, 0.15) is 12.8 Å². The lowest BCUT2D eigenvalue weighted by atomic mass is 10.2. The van der Waals surface area contributed by atoms with Gasteiger partial charge in [-0.25, -0.2) is 0 Å². The molecule has 0 aromatic heterocycles. The molecular weight excluding hydrogens is 178 g/mol. The van der Waals surface area contributed by atoms with Gasteiger partial charge in [-0.15, -0.1) is 0 Å². The molecule has 14 heavy (non-hydrogen) atoms. The third-order valence-corrected chi connectivity index (χ3v) is 3.30. The van der Waals surface area contributed by atoms with Gasteiger partial charge in [-0.2, -0.15) is 0 Å². The molecule has 2 aliphatic heterocycles. The predicted molar refractivity (Wildman–Crippen MR) is 56.1 cm³/mol. The van der Waals surface area contributed by atoms with Crippen molar-refractivity contribution in [3.05, 3.63) is 0 Å². The van der Waals surface area contributed by atoms with Crippen molar-refractivity contribution < 1.29 is 5.11 Å². The van der Waals surface area contributed by atoms with Gasteiger partial charge in [0.1, 0.15) is 0 Å². The van der Waals surface area contributed by atoms with Gasteiger partial charge in [0.05, 0.1) is 12.8 Å². The molecule has 0 aromatic rings. The van der Waals surface area contributed by atoms with Crippen molar-refractivity contribution in [2.24, 2.45) is 0 Å². The Bertz CT molecular complexity index is 163. The van der Waals surface area contributed by atoms with Crippen molar-refractivity contribution in [1.82, 2.24) is 15.1 Å². The average molecular weight is 199 g/mol. The summed E-state index contributed by atoms with van der Waals surface area (Å²) in [7, 11) is 0. The molecule has 2 aliphatic rings. The molecule has 2 fully saturated rings. The topological polar surface area (TPSA) is 38.7 Å². The molecule has 2 saturated heterocycles. The van der Waals surface area contributed by atoms with Crippen molar-refractivity contribution >= 4 is 0 Å². The fraction of sp³-hybridized carbons (Fsp3) is 1.00. The number of hydrogen-bond acceptors (Lipinski definition) is 4. The van der Waals surface area contributed by atoms with Crippen molar-refractivity contribution in [1.29, 1.82) is 0 Å². The van der Waals surface area contributed by atoms with E-state index in [0.29, 0.717) is 12.8 Å². The quantitative estimate of drug-likeness (QED) is 0.631. The first-order valence-corrected chi connectivity index (χ1v) is 5.71. The van der Waals surface area contributed by atoms with Gasteiger partial charge in [-0.05, 0) is 19.4 Å². The summed E-state index contributed by atoms with van der Waals surface area (Å²) in [5.74, 6) is 0. The highest BCUT2D eigenvalue weighted by Gasteiger charge is 2.25. The Hall–Kier alpha value is -0.160. The average Bonchev–Trinajstić information content (AvgIpc) is 2.72. The summed E-state index contributed by atoms with van der Waals surface area (Å²) in [6.07, 6.45) is 3.26. The summed E-state index contributed by atoms with van der Waals surface area (Å²) in [6.45, 7) is 6.84. The van der Waals surface area contributed by atoms with Crippen molar-refractivity contribution in [2.45, 2.75) is 19.0 Å². The summed E-state index contributed by atoms with van der Waals surface area (Å²) in [4.78, 5) is 4.88. The van der Waals surface area contributed by atoms with Crippen LogP contribution in [0.2, 0.25) is 0 Å². The van der Waals surface area contributed by atoms with Crippen molar-refractivity contribution in [2.75, 3.05) is 45.9 Å². The summed E-state index contributed by atoms with van der Waals surface area (Å²) < 4.78 is 0. The van der Waals surface area contributed by atoms with Gasteiger partial charge in [0.15, 0.2) is 0 Å². The maximum Gasteiger partial charge on any atom is 0.0598 e. The normalized spacial score (nSPS) is 31.1. The zero-order valence-electron chi connectivity index (χ0n) is 8.78. The van der Waals surface area contributed by atoms with E-state index in [-0.39, 0.29) is 0 Å². The number of β-amino-alcohol motifs (C(OH)–C–C–N with tert-alkyl or cyclic N) is 1.